The topological polar surface area (TPSA) is 99.1 Å². The summed E-state index contributed by atoms with van der Waals surface area (Å²) in [4.78, 5) is 12.1. The molecule has 0 aliphatic carbocycles. The molecule has 24 heavy (non-hydrogen) atoms. The Kier molecular flexibility index (Phi) is 5.35. The molecule has 122 valence electrons. The highest BCUT2D eigenvalue weighted by Crippen LogP contribution is 2.20. The number of sulfonamides is 1. The summed E-state index contributed by atoms with van der Waals surface area (Å²) in [6.45, 7) is 3.79. The largest absolute Gasteiger partial charge is 0.349 e. The Hall–Kier alpha value is -3.11. The summed E-state index contributed by atoms with van der Waals surface area (Å²) in [5, 5.41) is 11.4. The van der Waals surface area contributed by atoms with E-state index >= 15 is 0 Å². The molecule has 2 aromatic rings. The Morgan fingerprint density at radius 3 is 2.46 bits per heavy atom. The van der Waals surface area contributed by atoms with Crippen LogP contribution in [-0.4, -0.2) is 20.9 Å². The lowest BCUT2D eigenvalue weighted by atomic mass is 10.1. The van der Waals surface area contributed by atoms with Crippen LogP contribution in [0.5, 0.6) is 0 Å². The van der Waals surface area contributed by atoms with E-state index in [-0.39, 0.29) is 22.7 Å². The molecular weight excluding hydrogens is 326 g/mol. The molecule has 0 spiro atoms. The third kappa shape index (κ3) is 4.00. The number of hydrogen-bond donors (Lipinski definition) is 2. The molecule has 1 amide bonds. The van der Waals surface area contributed by atoms with Crippen molar-refractivity contribution in [3.63, 3.8) is 0 Å². The van der Waals surface area contributed by atoms with Crippen LogP contribution in [0.3, 0.4) is 0 Å². The zero-order chi connectivity index (χ0) is 17.6. The van der Waals surface area contributed by atoms with Crippen molar-refractivity contribution in [1.29, 1.82) is 5.26 Å². The third-order valence-electron chi connectivity index (χ3n) is 3.12. The fourth-order valence-electron chi connectivity index (χ4n) is 1.94. The van der Waals surface area contributed by atoms with Gasteiger partial charge < -0.3 is 5.32 Å². The second-order valence-corrected chi connectivity index (χ2v) is 6.47. The molecule has 0 saturated heterocycles. The van der Waals surface area contributed by atoms with Crippen LogP contribution in [-0.2, 0) is 10.0 Å². The first kappa shape index (κ1) is 17.2. The molecule has 0 bridgehead atoms. The first-order valence-corrected chi connectivity index (χ1v) is 8.47. The maximum absolute atomic E-state index is 12.4. The second-order valence-electron chi connectivity index (χ2n) is 4.79. The van der Waals surface area contributed by atoms with Crippen LogP contribution in [0.25, 0.3) is 0 Å². The molecule has 6 nitrogen and oxygen atoms in total. The summed E-state index contributed by atoms with van der Waals surface area (Å²) in [5.41, 5.74) is 0.734. The van der Waals surface area contributed by atoms with E-state index in [9.17, 15) is 13.2 Å². The summed E-state index contributed by atoms with van der Waals surface area (Å²) in [6, 6.07) is 13.7. The standard InChI is InChI=1S/C17H15N3O3S/c1-2-11-19-17(21)15-5-3-4-6-16(15)20-24(22,23)14-9-7-13(12-18)8-10-14/h2-10,20H,1,11H2,(H,19,21). The number of benzene rings is 2. The molecule has 0 saturated carbocycles. The molecule has 0 aromatic heterocycles. The number of para-hydroxylation sites is 1. The summed E-state index contributed by atoms with van der Waals surface area (Å²) < 4.78 is 27.3. The maximum atomic E-state index is 12.4. The van der Waals surface area contributed by atoms with Crippen LogP contribution in [0, 0.1) is 11.3 Å². The molecule has 0 radical (unpaired) electrons. The van der Waals surface area contributed by atoms with Gasteiger partial charge in [0.1, 0.15) is 0 Å². The Morgan fingerprint density at radius 1 is 1.17 bits per heavy atom. The van der Waals surface area contributed by atoms with Gasteiger partial charge in [0.25, 0.3) is 15.9 Å². The van der Waals surface area contributed by atoms with Gasteiger partial charge >= 0.3 is 0 Å². The van der Waals surface area contributed by atoms with Gasteiger partial charge in [0, 0.05) is 6.54 Å². The molecule has 2 aromatic carbocycles. The van der Waals surface area contributed by atoms with Crippen LogP contribution >= 0.6 is 0 Å². The highest BCUT2D eigenvalue weighted by molar-refractivity contribution is 7.92. The summed E-state index contributed by atoms with van der Waals surface area (Å²) in [7, 11) is -3.87. The van der Waals surface area contributed by atoms with Crippen molar-refractivity contribution < 1.29 is 13.2 Å². The molecule has 0 fully saturated rings. The third-order valence-corrected chi connectivity index (χ3v) is 4.50. The number of anilines is 1. The molecule has 0 aliphatic rings. The quantitative estimate of drug-likeness (QED) is 0.787. The number of hydrogen-bond acceptors (Lipinski definition) is 4. The molecular formula is C17H15N3O3S. The van der Waals surface area contributed by atoms with Crippen LogP contribution in [0.4, 0.5) is 5.69 Å². The minimum atomic E-state index is -3.87. The normalized spacial score (nSPS) is 10.5. The van der Waals surface area contributed by atoms with E-state index in [4.69, 9.17) is 5.26 Å². The summed E-state index contributed by atoms with van der Waals surface area (Å²) in [6.07, 6.45) is 1.53. The van der Waals surface area contributed by atoms with Crippen LogP contribution in [0.2, 0.25) is 0 Å². The van der Waals surface area contributed by atoms with Gasteiger partial charge in [0.2, 0.25) is 0 Å². The van der Waals surface area contributed by atoms with Gasteiger partial charge in [-0.2, -0.15) is 5.26 Å². The lowest BCUT2D eigenvalue weighted by Gasteiger charge is -2.12. The Bertz CT molecular complexity index is 897. The average molecular weight is 341 g/mol. The molecule has 0 unspecified atom stereocenters. The van der Waals surface area contributed by atoms with Crippen molar-refractivity contribution in [3.8, 4) is 6.07 Å². The number of carbonyl (C=O) groups is 1. The zero-order valence-corrected chi connectivity index (χ0v) is 13.5. The minimum absolute atomic E-state index is 0.00260. The van der Waals surface area contributed by atoms with Crippen molar-refractivity contribution in [2.45, 2.75) is 4.90 Å². The Labute approximate surface area is 140 Å². The highest BCUT2D eigenvalue weighted by Gasteiger charge is 2.18. The van der Waals surface area contributed by atoms with Gasteiger partial charge in [-0.25, -0.2) is 8.42 Å². The van der Waals surface area contributed by atoms with Gasteiger partial charge in [-0.1, -0.05) is 18.2 Å². The number of nitrogens with one attached hydrogen (secondary N) is 2. The average Bonchev–Trinajstić information content (AvgIpc) is 2.60. The smallest absolute Gasteiger partial charge is 0.261 e. The van der Waals surface area contributed by atoms with E-state index in [1.165, 1.54) is 42.5 Å². The van der Waals surface area contributed by atoms with Crippen molar-refractivity contribution in [2.24, 2.45) is 0 Å². The summed E-state index contributed by atoms with van der Waals surface area (Å²) in [5.74, 6) is -0.409. The van der Waals surface area contributed by atoms with Gasteiger partial charge in [-0.05, 0) is 36.4 Å². The minimum Gasteiger partial charge on any atom is -0.349 e. The van der Waals surface area contributed by atoms with E-state index < -0.39 is 15.9 Å². The van der Waals surface area contributed by atoms with E-state index in [0.29, 0.717) is 5.56 Å². The van der Waals surface area contributed by atoms with Crippen molar-refractivity contribution in [1.82, 2.24) is 5.32 Å². The predicted molar refractivity (Wildman–Crippen MR) is 90.9 cm³/mol. The highest BCUT2D eigenvalue weighted by atomic mass is 32.2. The molecule has 7 heteroatoms. The fraction of sp³-hybridized carbons (Fsp3) is 0.0588. The maximum Gasteiger partial charge on any atom is 0.261 e. The summed E-state index contributed by atoms with van der Waals surface area (Å²) >= 11 is 0. The predicted octanol–water partition coefficient (Wildman–Crippen LogP) is 2.27. The molecule has 2 N–H and O–H groups in total. The van der Waals surface area contributed by atoms with Crippen molar-refractivity contribution in [2.75, 3.05) is 11.3 Å². The Balaban J connectivity index is 2.31. The lowest BCUT2D eigenvalue weighted by molar-refractivity contribution is 0.0959. The number of rotatable bonds is 6. The number of amides is 1. The van der Waals surface area contributed by atoms with E-state index in [1.54, 1.807) is 12.1 Å². The fourth-order valence-corrected chi connectivity index (χ4v) is 3.02. The number of carbonyl (C=O) groups excluding carboxylic acids is 1. The zero-order valence-electron chi connectivity index (χ0n) is 12.7. The van der Waals surface area contributed by atoms with Gasteiger partial charge in [0.05, 0.1) is 27.8 Å². The second kappa shape index (κ2) is 7.44. The molecule has 0 heterocycles. The Morgan fingerprint density at radius 2 is 1.83 bits per heavy atom. The molecule has 0 aliphatic heterocycles. The van der Waals surface area contributed by atoms with Crippen LogP contribution in [0.1, 0.15) is 15.9 Å². The molecule has 0 atom stereocenters. The van der Waals surface area contributed by atoms with Crippen LogP contribution < -0.4 is 10.0 Å². The van der Waals surface area contributed by atoms with Gasteiger partial charge in [-0.15, -0.1) is 6.58 Å². The van der Waals surface area contributed by atoms with E-state index in [0.717, 1.165) is 0 Å². The van der Waals surface area contributed by atoms with Crippen molar-refractivity contribution >= 4 is 21.6 Å². The van der Waals surface area contributed by atoms with Gasteiger partial charge in [0.15, 0.2) is 0 Å². The monoisotopic (exact) mass is 341 g/mol. The first-order valence-electron chi connectivity index (χ1n) is 6.99. The van der Waals surface area contributed by atoms with E-state index in [1.807, 2.05) is 6.07 Å². The first-order chi connectivity index (χ1) is 11.5. The van der Waals surface area contributed by atoms with E-state index in [2.05, 4.69) is 16.6 Å². The molecule has 2 rings (SSSR count). The SMILES string of the molecule is C=CCNC(=O)c1ccccc1NS(=O)(=O)c1ccc(C#N)cc1. The van der Waals surface area contributed by atoms with Gasteiger partial charge in [-0.3, -0.25) is 9.52 Å². The number of nitrogens with zero attached hydrogens (tertiary/aromatic N) is 1. The van der Waals surface area contributed by atoms with Crippen molar-refractivity contribution in [3.05, 3.63) is 72.3 Å². The van der Waals surface area contributed by atoms with Crippen LogP contribution in [0.15, 0.2) is 66.1 Å². The lowest BCUT2D eigenvalue weighted by Crippen LogP contribution is -2.25. The number of nitriles is 1.